The summed E-state index contributed by atoms with van der Waals surface area (Å²) in [5, 5.41) is 0. The number of hydrogen-bond acceptors (Lipinski definition) is 1. The van der Waals surface area contributed by atoms with Gasteiger partial charge in [0, 0.05) is 17.8 Å². The molecular formula is C21H36ClN. The van der Waals surface area contributed by atoms with E-state index in [0.29, 0.717) is 0 Å². The first kappa shape index (κ1) is 20.5. The lowest BCUT2D eigenvalue weighted by Crippen LogP contribution is -1.89. The fourth-order valence-corrected chi connectivity index (χ4v) is 3.26. The van der Waals surface area contributed by atoms with Crippen molar-refractivity contribution in [1.82, 2.24) is 4.98 Å². The Bertz CT molecular complexity index is 339. The second kappa shape index (κ2) is 16.3. The van der Waals surface area contributed by atoms with Crippen molar-refractivity contribution in [2.75, 3.05) is 5.88 Å². The van der Waals surface area contributed by atoms with Gasteiger partial charge in [0.15, 0.2) is 0 Å². The highest BCUT2D eigenvalue weighted by Gasteiger charge is 1.96. The Balaban J connectivity index is 1.72. The van der Waals surface area contributed by atoms with Crippen LogP contribution in [0.25, 0.3) is 0 Å². The first-order valence-corrected chi connectivity index (χ1v) is 10.4. The molecule has 0 radical (unpaired) electrons. The Morgan fingerprint density at radius 2 is 1.09 bits per heavy atom. The summed E-state index contributed by atoms with van der Waals surface area (Å²) >= 11 is 5.68. The van der Waals surface area contributed by atoms with Crippen LogP contribution in [0, 0.1) is 0 Å². The first-order chi connectivity index (χ1) is 11.4. The van der Waals surface area contributed by atoms with Gasteiger partial charge in [0.05, 0.1) is 0 Å². The van der Waals surface area contributed by atoms with Crippen LogP contribution in [0.5, 0.6) is 0 Å². The quantitative estimate of drug-likeness (QED) is 0.227. The second-order valence-corrected chi connectivity index (χ2v) is 7.09. The largest absolute Gasteiger partial charge is 0.261 e. The molecule has 1 aromatic rings. The normalized spacial score (nSPS) is 11.0. The van der Waals surface area contributed by atoms with Crippen LogP contribution in [0.15, 0.2) is 24.4 Å². The van der Waals surface area contributed by atoms with Crippen LogP contribution in [0.3, 0.4) is 0 Å². The molecule has 0 N–H and O–H groups in total. The molecule has 1 aromatic heterocycles. The highest BCUT2D eigenvalue weighted by atomic mass is 35.5. The zero-order chi connectivity index (χ0) is 16.4. The van der Waals surface area contributed by atoms with Gasteiger partial charge in [-0.3, -0.25) is 4.98 Å². The van der Waals surface area contributed by atoms with Crippen molar-refractivity contribution in [3.8, 4) is 0 Å². The molecule has 0 aliphatic carbocycles. The van der Waals surface area contributed by atoms with Crippen molar-refractivity contribution in [3.63, 3.8) is 0 Å². The Morgan fingerprint density at radius 1 is 0.609 bits per heavy atom. The van der Waals surface area contributed by atoms with Gasteiger partial charge in [-0.2, -0.15) is 0 Å². The molecular weight excluding hydrogens is 302 g/mol. The molecule has 0 spiro atoms. The molecule has 0 aliphatic rings. The average molecular weight is 338 g/mol. The Morgan fingerprint density at radius 3 is 1.52 bits per heavy atom. The van der Waals surface area contributed by atoms with E-state index in [2.05, 4.69) is 17.1 Å². The Labute approximate surface area is 149 Å². The molecule has 0 atom stereocenters. The smallest absolute Gasteiger partial charge is 0.0403 e. The van der Waals surface area contributed by atoms with E-state index >= 15 is 0 Å². The van der Waals surface area contributed by atoms with E-state index in [0.717, 1.165) is 12.3 Å². The third-order valence-electron chi connectivity index (χ3n) is 4.54. The van der Waals surface area contributed by atoms with Gasteiger partial charge in [-0.1, -0.05) is 83.1 Å². The summed E-state index contributed by atoms with van der Waals surface area (Å²) in [7, 11) is 0. The van der Waals surface area contributed by atoms with Gasteiger partial charge in [-0.15, -0.1) is 11.6 Å². The van der Waals surface area contributed by atoms with Gasteiger partial charge in [0.25, 0.3) is 0 Å². The molecule has 1 nitrogen and oxygen atoms in total. The van der Waals surface area contributed by atoms with Crippen molar-refractivity contribution in [2.24, 2.45) is 0 Å². The maximum atomic E-state index is 5.68. The molecule has 0 fully saturated rings. The van der Waals surface area contributed by atoms with E-state index in [1.807, 2.05) is 12.3 Å². The highest BCUT2D eigenvalue weighted by molar-refractivity contribution is 6.17. The van der Waals surface area contributed by atoms with Gasteiger partial charge >= 0.3 is 0 Å². The average Bonchev–Trinajstić information content (AvgIpc) is 2.59. The van der Waals surface area contributed by atoms with Crippen molar-refractivity contribution < 1.29 is 0 Å². The van der Waals surface area contributed by atoms with Crippen LogP contribution in [0.2, 0.25) is 0 Å². The standard InChI is InChI=1S/C21H36ClN/c22-19-15-12-10-8-6-4-2-1-3-5-7-9-11-13-17-21-18-14-16-20-23-21/h14,16,18,20H,1-13,15,17,19H2. The fraction of sp³-hybridized carbons (Fsp3) is 0.762. The SMILES string of the molecule is ClCCCCCCCCCCCCCCCCc1ccccn1. The third-order valence-corrected chi connectivity index (χ3v) is 4.81. The number of rotatable bonds is 16. The van der Waals surface area contributed by atoms with Crippen molar-refractivity contribution >= 4 is 11.6 Å². The molecule has 0 aliphatic heterocycles. The molecule has 1 rings (SSSR count). The summed E-state index contributed by atoms with van der Waals surface area (Å²) in [4.78, 5) is 4.38. The monoisotopic (exact) mass is 337 g/mol. The fourth-order valence-electron chi connectivity index (χ4n) is 3.07. The molecule has 0 saturated carbocycles. The topological polar surface area (TPSA) is 12.9 Å². The van der Waals surface area contributed by atoms with E-state index in [1.54, 1.807) is 0 Å². The predicted octanol–water partition coefficient (Wildman–Crippen LogP) is 7.32. The molecule has 132 valence electrons. The molecule has 0 amide bonds. The molecule has 2 heteroatoms. The molecule has 0 aromatic carbocycles. The minimum Gasteiger partial charge on any atom is -0.261 e. The minimum absolute atomic E-state index is 0.836. The maximum Gasteiger partial charge on any atom is 0.0403 e. The lowest BCUT2D eigenvalue weighted by atomic mass is 10.0. The molecule has 23 heavy (non-hydrogen) atoms. The van der Waals surface area contributed by atoms with Gasteiger partial charge in [0.2, 0.25) is 0 Å². The van der Waals surface area contributed by atoms with Crippen LogP contribution in [0.4, 0.5) is 0 Å². The van der Waals surface area contributed by atoms with E-state index < -0.39 is 0 Å². The summed E-state index contributed by atoms with van der Waals surface area (Å²) in [6.45, 7) is 0. The minimum atomic E-state index is 0.836. The van der Waals surface area contributed by atoms with E-state index in [1.165, 1.54) is 95.6 Å². The Kier molecular flexibility index (Phi) is 14.5. The van der Waals surface area contributed by atoms with Crippen molar-refractivity contribution in [3.05, 3.63) is 30.1 Å². The van der Waals surface area contributed by atoms with Gasteiger partial charge in [-0.25, -0.2) is 0 Å². The van der Waals surface area contributed by atoms with Crippen LogP contribution in [-0.4, -0.2) is 10.9 Å². The van der Waals surface area contributed by atoms with Gasteiger partial charge < -0.3 is 0 Å². The zero-order valence-electron chi connectivity index (χ0n) is 14.9. The van der Waals surface area contributed by atoms with Crippen LogP contribution < -0.4 is 0 Å². The first-order valence-electron chi connectivity index (χ1n) is 9.89. The van der Waals surface area contributed by atoms with E-state index in [-0.39, 0.29) is 0 Å². The molecule has 0 bridgehead atoms. The molecule has 1 heterocycles. The maximum absolute atomic E-state index is 5.68. The van der Waals surface area contributed by atoms with Gasteiger partial charge in [-0.05, 0) is 31.4 Å². The lowest BCUT2D eigenvalue weighted by molar-refractivity contribution is 0.535. The number of nitrogens with zero attached hydrogens (tertiary/aromatic N) is 1. The Hall–Kier alpha value is -0.560. The predicted molar refractivity (Wildman–Crippen MR) is 103 cm³/mol. The number of aromatic nitrogens is 1. The number of alkyl halides is 1. The number of hydrogen-bond donors (Lipinski definition) is 0. The zero-order valence-corrected chi connectivity index (χ0v) is 15.7. The summed E-state index contributed by atoms with van der Waals surface area (Å²) in [5.41, 5.74) is 1.25. The van der Waals surface area contributed by atoms with Gasteiger partial charge in [0.1, 0.15) is 0 Å². The summed E-state index contributed by atoms with van der Waals surface area (Å²) in [6, 6.07) is 6.21. The summed E-state index contributed by atoms with van der Waals surface area (Å²) < 4.78 is 0. The third kappa shape index (κ3) is 13.6. The van der Waals surface area contributed by atoms with Crippen LogP contribution >= 0.6 is 11.6 Å². The van der Waals surface area contributed by atoms with Crippen LogP contribution in [-0.2, 0) is 6.42 Å². The van der Waals surface area contributed by atoms with Crippen molar-refractivity contribution in [1.29, 1.82) is 0 Å². The summed E-state index contributed by atoms with van der Waals surface area (Å²) in [6.07, 6.45) is 22.4. The molecule has 0 unspecified atom stereocenters. The molecule has 0 saturated heterocycles. The van der Waals surface area contributed by atoms with Crippen LogP contribution in [0.1, 0.15) is 95.6 Å². The van der Waals surface area contributed by atoms with E-state index in [9.17, 15) is 0 Å². The van der Waals surface area contributed by atoms with Crippen molar-refractivity contribution in [2.45, 2.75) is 96.3 Å². The van der Waals surface area contributed by atoms with E-state index in [4.69, 9.17) is 11.6 Å². The highest BCUT2D eigenvalue weighted by Crippen LogP contribution is 2.13. The number of aryl methyl sites for hydroxylation is 1. The summed E-state index contributed by atoms with van der Waals surface area (Å²) in [5.74, 6) is 0.836. The number of pyridine rings is 1. The lowest BCUT2D eigenvalue weighted by Gasteiger charge is -2.03. The number of unbranched alkanes of at least 4 members (excludes halogenated alkanes) is 13. The number of halogens is 1. The second-order valence-electron chi connectivity index (χ2n) is 6.71.